The first-order valence-electron chi connectivity index (χ1n) is 5.07. The van der Waals surface area contributed by atoms with Crippen LogP contribution in [0.1, 0.15) is 24.0 Å². The van der Waals surface area contributed by atoms with Crippen LogP contribution in [0, 0.1) is 6.92 Å². The monoisotopic (exact) mass is 227 g/mol. The summed E-state index contributed by atoms with van der Waals surface area (Å²) in [6.07, 6.45) is 1.45. The number of rotatable bonds is 5. The highest BCUT2D eigenvalue weighted by atomic mass is 32.1. The van der Waals surface area contributed by atoms with Gasteiger partial charge in [-0.3, -0.25) is 4.79 Å². The summed E-state index contributed by atoms with van der Waals surface area (Å²) in [7, 11) is 0. The predicted molar refractivity (Wildman–Crippen MR) is 61.8 cm³/mol. The smallest absolute Gasteiger partial charge is 0.236 e. The van der Waals surface area contributed by atoms with E-state index < -0.39 is 0 Å². The number of aromatic nitrogens is 1. The van der Waals surface area contributed by atoms with Gasteiger partial charge in [0, 0.05) is 24.0 Å². The number of carbonyl (C=O) groups excluding carboxylic acids is 1. The molecule has 0 saturated carbocycles. The summed E-state index contributed by atoms with van der Waals surface area (Å²) in [5.41, 5.74) is 6.61. The molecule has 1 rings (SSSR count). The van der Waals surface area contributed by atoms with Gasteiger partial charge in [-0.05, 0) is 13.3 Å². The number of carbonyl (C=O) groups is 1. The molecule has 84 valence electrons. The minimum Gasteiger partial charge on any atom is -0.354 e. The largest absolute Gasteiger partial charge is 0.354 e. The number of thiazole rings is 1. The number of aryl methyl sites for hydroxylation is 1. The van der Waals surface area contributed by atoms with E-state index in [9.17, 15) is 4.79 Å². The fourth-order valence-electron chi connectivity index (χ4n) is 1.13. The quantitative estimate of drug-likeness (QED) is 0.783. The molecule has 0 fully saturated rings. The van der Waals surface area contributed by atoms with Crippen LogP contribution in [0.5, 0.6) is 0 Å². The Hall–Kier alpha value is -0.940. The third-order valence-corrected chi connectivity index (χ3v) is 3.11. The minimum atomic E-state index is -0.386. The van der Waals surface area contributed by atoms with Crippen molar-refractivity contribution in [3.8, 4) is 0 Å². The minimum absolute atomic E-state index is 0.0780. The van der Waals surface area contributed by atoms with Gasteiger partial charge in [-0.2, -0.15) is 0 Å². The molecule has 4 nitrogen and oxygen atoms in total. The van der Waals surface area contributed by atoms with Gasteiger partial charge in [0.25, 0.3) is 0 Å². The van der Waals surface area contributed by atoms with E-state index in [4.69, 9.17) is 5.73 Å². The second kappa shape index (κ2) is 5.82. The summed E-state index contributed by atoms with van der Waals surface area (Å²) in [6.45, 7) is 4.47. The molecule has 1 aromatic rings. The number of amides is 1. The fraction of sp³-hybridized carbons (Fsp3) is 0.600. The van der Waals surface area contributed by atoms with E-state index in [-0.39, 0.29) is 11.9 Å². The van der Waals surface area contributed by atoms with Gasteiger partial charge in [0.1, 0.15) is 0 Å². The van der Waals surface area contributed by atoms with Gasteiger partial charge in [0.2, 0.25) is 5.91 Å². The van der Waals surface area contributed by atoms with Crippen LogP contribution in [0.2, 0.25) is 0 Å². The maximum atomic E-state index is 11.3. The maximum absolute atomic E-state index is 11.3. The molecular weight excluding hydrogens is 210 g/mol. The van der Waals surface area contributed by atoms with E-state index in [0.29, 0.717) is 13.0 Å². The topological polar surface area (TPSA) is 68.0 Å². The summed E-state index contributed by atoms with van der Waals surface area (Å²) in [4.78, 5) is 15.6. The van der Waals surface area contributed by atoms with E-state index in [1.54, 1.807) is 11.3 Å². The van der Waals surface area contributed by atoms with Crippen molar-refractivity contribution < 1.29 is 4.79 Å². The Balaban J connectivity index is 2.24. The van der Waals surface area contributed by atoms with Crippen LogP contribution in [0.15, 0.2) is 5.38 Å². The Labute approximate surface area is 93.9 Å². The standard InChI is InChI=1S/C10H17N3OS/c1-3-8(11)10(14)12-5-4-9-13-7(2)6-15-9/h6,8H,3-5,11H2,1-2H3,(H,12,14). The first-order valence-corrected chi connectivity index (χ1v) is 5.95. The molecule has 1 atom stereocenters. The molecule has 0 spiro atoms. The van der Waals surface area contributed by atoms with Crippen LogP contribution in [0.3, 0.4) is 0 Å². The summed E-state index contributed by atoms with van der Waals surface area (Å²) in [5, 5.41) is 5.86. The zero-order valence-corrected chi connectivity index (χ0v) is 9.93. The Morgan fingerprint density at radius 1 is 1.73 bits per heavy atom. The molecule has 0 bridgehead atoms. The second-order valence-electron chi connectivity index (χ2n) is 3.44. The van der Waals surface area contributed by atoms with Crippen LogP contribution in [0.4, 0.5) is 0 Å². The van der Waals surface area contributed by atoms with Gasteiger partial charge in [-0.1, -0.05) is 6.92 Å². The molecular formula is C10H17N3OS. The predicted octanol–water partition coefficient (Wildman–Crippen LogP) is 0.848. The van der Waals surface area contributed by atoms with Crippen LogP contribution in [-0.2, 0) is 11.2 Å². The number of nitrogens with one attached hydrogen (secondary N) is 1. The fourth-order valence-corrected chi connectivity index (χ4v) is 1.90. The molecule has 1 aromatic heterocycles. The molecule has 1 amide bonds. The number of hydrogen-bond acceptors (Lipinski definition) is 4. The van der Waals surface area contributed by atoms with E-state index in [1.165, 1.54) is 0 Å². The number of hydrogen-bond donors (Lipinski definition) is 2. The molecule has 0 aliphatic carbocycles. The van der Waals surface area contributed by atoms with Crippen molar-refractivity contribution in [2.24, 2.45) is 5.73 Å². The lowest BCUT2D eigenvalue weighted by atomic mass is 10.2. The Morgan fingerprint density at radius 2 is 2.47 bits per heavy atom. The summed E-state index contributed by atoms with van der Waals surface area (Å²) < 4.78 is 0. The highest BCUT2D eigenvalue weighted by molar-refractivity contribution is 7.09. The SMILES string of the molecule is CCC(N)C(=O)NCCc1nc(C)cs1. The zero-order valence-electron chi connectivity index (χ0n) is 9.12. The molecule has 0 aliphatic heterocycles. The first-order chi connectivity index (χ1) is 7.13. The summed E-state index contributed by atoms with van der Waals surface area (Å²) in [6, 6.07) is -0.386. The van der Waals surface area contributed by atoms with Crippen LogP contribution in [-0.4, -0.2) is 23.5 Å². The molecule has 1 heterocycles. The third kappa shape index (κ3) is 3.97. The molecule has 5 heteroatoms. The maximum Gasteiger partial charge on any atom is 0.236 e. The van der Waals surface area contributed by atoms with Gasteiger partial charge >= 0.3 is 0 Å². The lowest BCUT2D eigenvalue weighted by Gasteiger charge is -2.08. The van der Waals surface area contributed by atoms with E-state index in [1.807, 2.05) is 19.2 Å². The van der Waals surface area contributed by atoms with E-state index in [2.05, 4.69) is 10.3 Å². The molecule has 3 N–H and O–H groups in total. The zero-order chi connectivity index (χ0) is 11.3. The highest BCUT2D eigenvalue weighted by Crippen LogP contribution is 2.08. The molecule has 1 unspecified atom stereocenters. The molecule has 15 heavy (non-hydrogen) atoms. The van der Waals surface area contributed by atoms with Crippen molar-refractivity contribution in [3.63, 3.8) is 0 Å². The van der Waals surface area contributed by atoms with Crippen molar-refractivity contribution in [1.82, 2.24) is 10.3 Å². The Kier molecular flexibility index (Phi) is 4.71. The van der Waals surface area contributed by atoms with Gasteiger partial charge in [-0.25, -0.2) is 4.98 Å². The lowest BCUT2D eigenvalue weighted by Crippen LogP contribution is -2.40. The van der Waals surface area contributed by atoms with E-state index in [0.717, 1.165) is 17.1 Å². The number of nitrogens with two attached hydrogens (primary N) is 1. The molecule has 0 saturated heterocycles. The normalized spacial score (nSPS) is 12.5. The average molecular weight is 227 g/mol. The first kappa shape index (κ1) is 12.1. The highest BCUT2D eigenvalue weighted by Gasteiger charge is 2.09. The molecule has 0 aliphatic rings. The van der Waals surface area contributed by atoms with Gasteiger partial charge < -0.3 is 11.1 Å². The summed E-state index contributed by atoms with van der Waals surface area (Å²) in [5.74, 6) is -0.0780. The molecule has 0 radical (unpaired) electrons. The van der Waals surface area contributed by atoms with Gasteiger partial charge in [0.15, 0.2) is 0 Å². The Bertz CT molecular complexity index is 324. The van der Waals surface area contributed by atoms with Crippen molar-refractivity contribution in [3.05, 3.63) is 16.1 Å². The van der Waals surface area contributed by atoms with Gasteiger partial charge in [-0.15, -0.1) is 11.3 Å². The lowest BCUT2D eigenvalue weighted by molar-refractivity contribution is -0.122. The second-order valence-corrected chi connectivity index (χ2v) is 4.38. The van der Waals surface area contributed by atoms with Gasteiger partial charge in [0.05, 0.1) is 11.0 Å². The van der Waals surface area contributed by atoms with Crippen LogP contribution >= 0.6 is 11.3 Å². The van der Waals surface area contributed by atoms with Crippen molar-refractivity contribution >= 4 is 17.2 Å². The van der Waals surface area contributed by atoms with Crippen molar-refractivity contribution in [2.75, 3.05) is 6.54 Å². The Morgan fingerprint density at radius 3 is 3.00 bits per heavy atom. The van der Waals surface area contributed by atoms with Crippen molar-refractivity contribution in [2.45, 2.75) is 32.7 Å². The molecule has 0 aromatic carbocycles. The average Bonchev–Trinajstić information content (AvgIpc) is 2.63. The van der Waals surface area contributed by atoms with Crippen molar-refractivity contribution in [1.29, 1.82) is 0 Å². The van der Waals surface area contributed by atoms with E-state index >= 15 is 0 Å². The van der Waals surface area contributed by atoms with Crippen LogP contribution in [0.25, 0.3) is 0 Å². The third-order valence-electron chi connectivity index (χ3n) is 2.08. The number of nitrogens with zero attached hydrogens (tertiary/aromatic N) is 1. The van der Waals surface area contributed by atoms with Crippen LogP contribution < -0.4 is 11.1 Å². The summed E-state index contributed by atoms with van der Waals surface area (Å²) >= 11 is 1.62.